The number of carbonyl (C=O) groups is 2. The van der Waals surface area contributed by atoms with Crippen molar-refractivity contribution >= 4 is 17.5 Å². The molecule has 1 aliphatic heterocycles. The van der Waals surface area contributed by atoms with E-state index < -0.39 is 0 Å². The molecule has 1 heterocycles. The van der Waals surface area contributed by atoms with Gasteiger partial charge >= 0.3 is 0 Å². The Balaban J connectivity index is 1.60. The molecule has 2 aromatic rings. The number of nitrogens with one attached hydrogen (secondary N) is 3. The number of piperidine rings is 1. The van der Waals surface area contributed by atoms with Gasteiger partial charge in [0.2, 0.25) is 0 Å². The Hall–Kier alpha value is -2.66. The SMILES string of the molecule is C[C@@H]1C[C@@H](C)C[NH+](CC(=O)Nc2ccccc2C(=O)NCc2ccccc2)C1. The number of carbonyl (C=O) groups excluding carboxylic acids is 2. The number of anilines is 1. The lowest BCUT2D eigenvalue weighted by atomic mass is 9.92. The van der Waals surface area contributed by atoms with Crippen molar-refractivity contribution in [3.63, 3.8) is 0 Å². The molecule has 1 aliphatic rings. The van der Waals surface area contributed by atoms with Crippen molar-refractivity contribution in [3.05, 3.63) is 65.7 Å². The number of para-hydroxylation sites is 1. The molecule has 0 spiro atoms. The number of quaternary nitrogens is 1. The predicted molar refractivity (Wildman–Crippen MR) is 111 cm³/mol. The molecule has 148 valence electrons. The lowest BCUT2D eigenvalue weighted by Gasteiger charge is -2.31. The minimum atomic E-state index is -0.188. The zero-order valence-electron chi connectivity index (χ0n) is 16.7. The predicted octanol–water partition coefficient (Wildman–Crippen LogP) is 2.12. The minimum absolute atomic E-state index is 0.0420. The van der Waals surface area contributed by atoms with E-state index in [9.17, 15) is 9.59 Å². The van der Waals surface area contributed by atoms with Crippen LogP contribution in [0.5, 0.6) is 0 Å². The zero-order valence-corrected chi connectivity index (χ0v) is 16.7. The lowest BCUT2D eigenvalue weighted by molar-refractivity contribution is -0.904. The highest BCUT2D eigenvalue weighted by Gasteiger charge is 2.27. The van der Waals surface area contributed by atoms with Crippen LogP contribution in [-0.4, -0.2) is 31.4 Å². The van der Waals surface area contributed by atoms with Gasteiger partial charge in [-0.05, 0) is 24.1 Å². The third kappa shape index (κ3) is 5.67. The van der Waals surface area contributed by atoms with E-state index in [1.54, 1.807) is 12.1 Å². The first-order valence-electron chi connectivity index (χ1n) is 10.1. The van der Waals surface area contributed by atoms with Crippen LogP contribution in [0, 0.1) is 11.8 Å². The Labute approximate surface area is 167 Å². The van der Waals surface area contributed by atoms with Crippen LogP contribution in [0.3, 0.4) is 0 Å². The molecule has 2 amide bonds. The molecule has 1 saturated heterocycles. The molecule has 0 bridgehead atoms. The molecule has 3 N–H and O–H groups in total. The van der Waals surface area contributed by atoms with Gasteiger partial charge in [0, 0.05) is 18.4 Å². The number of rotatable bonds is 6. The third-order valence-electron chi connectivity index (χ3n) is 5.23. The maximum atomic E-state index is 12.6. The summed E-state index contributed by atoms with van der Waals surface area (Å²) in [7, 11) is 0. The zero-order chi connectivity index (χ0) is 19.9. The normalized spacial score (nSPS) is 21.7. The summed E-state index contributed by atoms with van der Waals surface area (Å²) in [5, 5.41) is 5.87. The molecule has 0 aromatic heterocycles. The van der Waals surface area contributed by atoms with Crippen LogP contribution >= 0.6 is 0 Å². The quantitative estimate of drug-likeness (QED) is 0.719. The van der Waals surface area contributed by atoms with Crippen molar-refractivity contribution in [2.75, 3.05) is 25.0 Å². The van der Waals surface area contributed by atoms with Crippen LogP contribution in [0.1, 0.15) is 36.2 Å². The summed E-state index contributed by atoms with van der Waals surface area (Å²) in [6.45, 7) is 7.44. The van der Waals surface area contributed by atoms with E-state index in [1.807, 2.05) is 42.5 Å². The third-order valence-corrected chi connectivity index (χ3v) is 5.23. The smallest absolute Gasteiger partial charge is 0.279 e. The molecule has 28 heavy (non-hydrogen) atoms. The van der Waals surface area contributed by atoms with Crippen molar-refractivity contribution in [2.24, 2.45) is 11.8 Å². The Morgan fingerprint density at radius 2 is 1.61 bits per heavy atom. The van der Waals surface area contributed by atoms with E-state index in [1.165, 1.54) is 11.3 Å². The topological polar surface area (TPSA) is 62.6 Å². The van der Waals surface area contributed by atoms with Gasteiger partial charge in [-0.1, -0.05) is 56.3 Å². The number of hydrogen-bond acceptors (Lipinski definition) is 2. The largest absolute Gasteiger partial charge is 0.348 e. The van der Waals surface area contributed by atoms with E-state index in [0.717, 1.165) is 18.7 Å². The average Bonchev–Trinajstić information content (AvgIpc) is 2.66. The van der Waals surface area contributed by atoms with Crippen molar-refractivity contribution in [2.45, 2.75) is 26.8 Å². The summed E-state index contributed by atoms with van der Waals surface area (Å²) in [5.41, 5.74) is 2.09. The highest BCUT2D eigenvalue weighted by Crippen LogP contribution is 2.15. The van der Waals surface area contributed by atoms with E-state index in [4.69, 9.17) is 0 Å². The molecule has 2 atom stereocenters. The molecular weight excluding hydrogens is 350 g/mol. The van der Waals surface area contributed by atoms with E-state index >= 15 is 0 Å². The molecule has 0 unspecified atom stereocenters. The number of amides is 2. The van der Waals surface area contributed by atoms with E-state index in [0.29, 0.717) is 36.2 Å². The highest BCUT2D eigenvalue weighted by molar-refractivity contribution is 6.03. The van der Waals surface area contributed by atoms with Gasteiger partial charge in [0.15, 0.2) is 6.54 Å². The molecule has 5 nitrogen and oxygen atoms in total. The van der Waals surface area contributed by atoms with Gasteiger partial charge in [-0.15, -0.1) is 0 Å². The van der Waals surface area contributed by atoms with Crippen LogP contribution in [0.2, 0.25) is 0 Å². The summed E-state index contributed by atoms with van der Waals surface area (Å²) in [4.78, 5) is 26.5. The highest BCUT2D eigenvalue weighted by atomic mass is 16.2. The van der Waals surface area contributed by atoms with E-state index in [2.05, 4.69) is 24.5 Å². The first kappa shape index (κ1) is 20.1. The summed E-state index contributed by atoms with van der Waals surface area (Å²) < 4.78 is 0. The van der Waals surface area contributed by atoms with Crippen LogP contribution in [0.4, 0.5) is 5.69 Å². The fraction of sp³-hybridized carbons (Fsp3) is 0.391. The number of benzene rings is 2. The standard InChI is InChI=1S/C23H29N3O2/c1-17-12-18(2)15-26(14-17)16-22(27)25-21-11-7-6-10-20(21)23(28)24-13-19-8-4-3-5-9-19/h3-11,17-18H,12-16H2,1-2H3,(H,24,28)(H,25,27)/p+1/t17-,18-/m1/s1. The second-order valence-corrected chi connectivity index (χ2v) is 8.04. The average molecular weight is 381 g/mol. The van der Waals surface area contributed by atoms with Gasteiger partial charge in [-0.3, -0.25) is 9.59 Å². The molecule has 0 aliphatic carbocycles. The van der Waals surface area contributed by atoms with Crippen molar-refractivity contribution in [1.29, 1.82) is 0 Å². The van der Waals surface area contributed by atoms with Gasteiger partial charge in [0.1, 0.15) is 0 Å². The van der Waals surface area contributed by atoms with Gasteiger partial charge in [0.25, 0.3) is 11.8 Å². The monoisotopic (exact) mass is 380 g/mol. The second kappa shape index (κ2) is 9.51. The molecule has 2 aromatic carbocycles. The molecule has 0 radical (unpaired) electrons. The summed E-state index contributed by atoms with van der Waals surface area (Å²) in [5.74, 6) is 1.05. The second-order valence-electron chi connectivity index (χ2n) is 8.04. The first-order valence-corrected chi connectivity index (χ1v) is 10.1. The fourth-order valence-corrected chi connectivity index (χ4v) is 4.15. The van der Waals surface area contributed by atoms with Crippen molar-refractivity contribution < 1.29 is 14.5 Å². The van der Waals surface area contributed by atoms with E-state index in [-0.39, 0.29) is 11.8 Å². The number of likely N-dealkylation sites (tertiary alicyclic amines) is 1. The maximum Gasteiger partial charge on any atom is 0.279 e. The Bertz CT molecular complexity index is 797. The van der Waals surface area contributed by atoms with Crippen LogP contribution in [0.25, 0.3) is 0 Å². The summed E-state index contributed by atoms with van der Waals surface area (Å²) >= 11 is 0. The van der Waals surface area contributed by atoms with Crippen molar-refractivity contribution in [1.82, 2.24) is 5.32 Å². The van der Waals surface area contributed by atoms with Gasteiger partial charge in [-0.25, -0.2) is 0 Å². The molecule has 5 heteroatoms. The van der Waals surface area contributed by atoms with Gasteiger partial charge in [-0.2, -0.15) is 0 Å². The Morgan fingerprint density at radius 3 is 2.32 bits per heavy atom. The Kier molecular flexibility index (Phi) is 6.82. The first-order chi connectivity index (χ1) is 13.5. The summed E-state index contributed by atoms with van der Waals surface area (Å²) in [6.07, 6.45) is 1.23. The lowest BCUT2D eigenvalue weighted by Crippen LogP contribution is -3.15. The van der Waals surface area contributed by atoms with Crippen LogP contribution in [-0.2, 0) is 11.3 Å². The molecular formula is C23H30N3O2+. The summed E-state index contributed by atoms with van der Waals surface area (Å²) in [6, 6.07) is 16.9. The van der Waals surface area contributed by atoms with Crippen molar-refractivity contribution in [3.8, 4) is 0 Å². The maximum absolute atomic E-state index is 12.6. The molecule has 3 rings (SSSR count). The van der Waals surface area contributed by atoms with Crippen LogP contribution in [0.15, 0.2) is 54.6 Å². The Morgan fingerprint density at radius 1 is 0.964 bits per heavy atom. The molecule has 1 fully saturated rings. The van der Waals surface area contributed by atoms with Crippen LogP contribution < -0.4 is 15.5 Å². The van der Waals surface area contributed by atoms with Gasteiger partial charge in [0.05, 0.1) is 24.3 Å². The fourth-order valence-electron chi connectivity index (χ4n) is 4.15. The minimum Gasteiger partial charge on any atom is -0.348 e. The molecule has 0 saturated carbocycles. The van der Waals surface area contributed by atoms with Gasteiger partial charge < -0.3 is 15.5 Å². The number of hydrogen-bond donors (Lipinski definition) is 3.